The van der Waals surface area contributed by atoms with Crippen LogP contribution in [0.15, 0.2) is 24.3 Å². The van der Waals surface area contributed by atoms with Gasteiger partial charge < -0.3 is 123 Å². The van der Waals surface area contributed by atoms with Crippen LogP contribution in [0.3, 0.4) is 0 Å². The van der Waals surface area contributed by atoms with Crippen LogP contribution in [0.25, 0.3) is 0 Å². The van der Waals surface area contributed by atoms with Crippen LogP contribution in [-0.2, 0) is 83.1 Å². The van der Waals surface area contributed by atoms with Crippen molar-refractivity contribution >= 4 is 94.5 Å². The highest BCUT2D eigenvalue weighted by molar-refractivity contribution is 6.01. The minimum Gasteiger partial charge on any atom is -0.508 e. The van der Waals surface area contributed by atoms with Gasteiger partial charge in [-0.25, -0.2) is 0 Å². The van der Waals surface area contributed by atoms with Crippen LogP contribution in [-0.4, -0.2) is 243 Å². The fraction of sp³-hybridized carbons (Fsp3) is 0.621. The molecule has 0 spiro atoms. The zero-order valence-electron chi connectivity index (χ0n) is 55.2. The first-order valence-corrected chi connectivity index (χ1v) is 30.7. The van der Waals surface area contributed by atoms with Gasteiger partial charge in [-0.2, -0.15) is 0 Å². The first-order valence-electron chi connectivity index (χ1n) is 30.7. The molecule has 27 N–H and O–H groups in total. The summed E-state index contributed by atoms with van der Waals surface area (Å²) in [5.41, 5.74) is 21.9. The van der Waals surface area contributed by atoms with Gasteiger partial charge in [-0.05, 0) is 62.6 Å². The van der Waals surface area contributed by atoms with Crippen LogP contribution in [0, 0.1) is 17.8 Å². The zero-order chi connectivity index (χ0) is 74.3. The number of aromatic hydroxyl groups is 1. The second-order valence-corrected chi connectivity index (χ2v) is 23.5. The SMILES string of the molecule is CC[C@H](C)[C@H](NC(=O)[C@H](C)NC(=O)CN)C(=O)N[C@@H](CC(C)C)C(=O)N[C@@H](CO)C(=O)N[C@@H](CO)C(=O)N[C@H](C(=O)N[C@@H](CC(N)=O)C(=O)N[C@H](C(=O)NCC(=O)N[C@@H](CO)C(=O)N[C@@H](CC(N)=O)C(=O)N[C@H](C(=O)N[C@@H](Cc1ccc(O)cc1)C(N)=O)[C@@H](C)O)C(C)C)[C@@H](C)O. The van der Waals surface area contributed by atoms with Crippen molar-refractivity contribution in [1.82, 2.24) is 69.1 Å². The smallest absolute Gasteiger partial charge is 0.245 e. The van der Waals surface area contributed by atoms with E-state index in [0.717, 1.165) is 13.8 Å². The summed E-state index contributed by atoms with van der Waals surface area (Å²) in [4.78, 5) is 210. The van der Waals surface area contributed by atoms with Gasteiger partial charge in [0.05, 0.1) is 58.0 Å². The number of carbonyl (C=O) groups is 16. The average molecular weight is 1380 g/mol. The fourth-order valence-corrected chi connectivity index (χ4v) is 8.77. The number of nitrogens with two attached hydrogens (primary N) is 4. The van der Waals surface area contributed by atoms with Crippen LogP contribution < -0.4 is 92.1 Å². The topological polar surface area (TPSA) is 655 Å². The summed E-state index contributed by atoms with van der Waals surface area (Å²) in [6.07, 6.45) is -5.33. The number of aliphatic hydroxyl groups is 5. The highest BCUT2D eigenvalue weighted by Crippen LogP contribution is 2.14. The molecule has 39 heteroatoms. The molecule has 0 radical (unpaired) electrons. The van der Waals surface area contributed by atoms with Gasteiger partial charge >= 0.3 is 0 Å². The molecule has 1 aromatic rings. The predicted octanol–water partition coefficient (Wildman–Crippen LogP) is -11.4. The van der Waals surface area contributed by atoms with Gasteiger partial charge in [0.25, 0.3) is 0 Å². The zero-order valence-corrected chi connectivity index (χ0v) is 55.2. The van der Waals surface area contributed by atoms with Crippen molar-refractivity contribution in [2.75, 3.05) is 32.9 Å². The Balaban J connectivity index is 3.19. The lowest BCUT2D eigenvalue weighted by molar-refractivity contribution is -0.138. The molecule has 39 nitrogen and oxygen atoms in total. The summed E-state index contributed by atoms with van der Waals surface area (Å²) in [6, 6.07) is -14.9. The number of aliphatic hydroxyl groups excluding tert-OH is 5. The van der Waals surface area contributed by atoms with Crippen LogP contribution >= 0.6 is 0 Å². The number of hydrogen-bond acceptors (Lipinski definition) is 23. The number of phenolic OH excluding ortho intramolecular Hbond substituents is 1. The summed E-state index contributed by atoms with van der Waals surface area (Å²) >= 11 is 0. The molecule has 16 amide bonds. The average Bonchev–Trinajstić information content (AvgIpc) is 0.878. The van der Waals surface area contributed by atoms with E-state index in [2.05, 4.69) is 69.1 Å². The first kappa shape index (κ1) is 85.3. The van der Waals surface area contributed by atoms with Gasteiger partial charge in [0.15, 0.2) is 0 Å². The van der Waals surface area contributed by atoms with Crippen molar-refractivity contribution in [3.05, 3.63) is 29.8 Å². The first-order chi connectivity index (χ1) is 45.2. The van der Waals surface area contributed by atoms with Crippen molar-refractivity contribution in [3.8, 4) is 5.75 Å². The lowest BCUT2D eigenvalue weighted by Crippen LogP contribution is -2.63. The molecule has 0 aliphatic heterocycles. The number of hydrogen-bond donors (Lipinski definition) is 23. The molecule has 0 aromatic heterocycles. The lowest BCUT2D eigenvalue weighted by Gasteiger charge is -2.29. The molecule has 15 atom stereocenters. The van der Waals surface area contributed by atoms with Crippen molar-refractivity contribution in [2.45, 2.75) is 179 Å². The number of primary amides is 3. The normalized spacial score (nSPS) is 15.8. The standard InChI is InChI=1S/C58H95N17O22/c1-10-26(6)44(73-48(87)27(7)64-41(84)19-59)56(95)68-33(15-24(2)3)49(88)70-37(22-77)53(92)71-38(23-78)54(93)75-46(29(9)80)58(97)69-35(18-40(61)83)50(89)72-43(25(4)5)55(94)63-20-42(85)65-36(21-76)52(91)67-34(17-39(60)82)51(90)74-45(28(8)79)57(96)66-32(47(62)86)16-30-11-13-31(81)14-12-30/h11-14,24-29,32-38,43-46,76-81H,10,15-23,59H2,1-9H3,(H2,60,82)(H2,61,83)(H2,62,86)(H,63,94)(H,64,84)(H,65,85)(H,66,96)(H,67,91)(H,68,95)(H,69,97)(H,70,88)(H,71,92)(H,72,89)(H,73,87)(H,74,90)(H,75,93)/t26-,27-,28+,29+,32-,33-,34-,35-,36-,37-,38-,43-,44-,45-,46-/m0/s1. The molecule has 0 aliphatic rings. The highest BCUT2D eigenvalue weighted by atomic mass is 16.3. The molecule has 1 rings (SSSR count). The molecule has 0 aliphatic carbocycles. The summed E-state index contributed by atoms with van der Waals surface area (Å²) in [7, 11) is 0. The van der Waals surface area contributed by atoms with Gasteiger partial charge in [0.2, 0.25) is 94.5 Å². The summed E-state index contributed by atoms with van der Waals surface area (Å²) in [5.74, 6) is -19.7. The Kier molecular flexibility index (Phi) is 36.9. The maximum absolute atomic E-state index is 13.8. The monoisotopic (exact) mass is 1380 g/mol. The fourth-order valence-electron chi connectivity index (χ4n) is 8.77. The van der Waals surface area contributed by atoms with Gasteiger partial charge in [0, 0.05) is 6.42 Å². The van der Waals surface area contributed by atoms with E-state index in [9.17, 15) is 107 Å². The minimum atomic E-state index is -2.06. The molecule has 544 valence electrons. The quantitative estimate of drug-likeness (QED) is 0.0289. The number of phenols is 1. The van der Waals surface area contributed by atoms with Crippen molar-refractivity contribution < 1.29 is 107 Å². The van der Waals surface area contributed by atoms with E-state index in [1.54, 1.807) is 27.7 Å². The van der Waals surface area contributed by atoms with E-state index in [1.165, 1.54) is 45.0 Å². The van der Waals surface area contributed by atoms with Gasteiger partial charge in [-0.15, -0.1) is 0 Å². The Bertz CT molecular complexity index is 2940. The van der Waals surface area contributed by atoms with Crippen molar-refractivity contribution in [3.63, 3.8) is 0 Å². The number of nitrogens with one attached hydrogen (secondary N) is 13. The third-order valence-corrected chi connectivity index (χ3v) is 14.5. The molecular formula is C58H95N17O22. The Hall–Kier alpha value is -9.70. The molecular weight excluding hydrogens is 1290 g/mol. The minimum absolute atomic E-state index is 0.0437. The van der Waals surface area contributed by atoms with Crippen LogP contribution in [0.2, 0.25) is 0 Å². The second-order valence-electron chi connectivity index (χ2n) is 23.5. The van der Waals surface area contributed by atoms with Crippen molar-refractivity contribution in [2.24, 2.45) is 40.7 Å². The van der Waals surface area contributed by atoms with E-state index in [0.29, 0.717) is 12.0 Å². The van der Waals surface area contributed by atoms with E-state index >= 15 is 0 Å². The van der Waals surface area contributed by atoms with E-state index in [1.807, 2.05) is 0 Å². The molecule has 0 bridgehead atoms. The van der Waals surface area contributed by atoms with E-state index in [-0.39, 0.29) is 24.5 Å². The Morgan fingerprint density at radius 3 is 1.20 bits per heavy atom. The molecule has 0 saturated heterocycles. The predicted molar refractivity (Wildman–Crippen MR) is 338 cm³/mol. The molecule has 0 heterocycles. The van der Waals surface area contributed by atoms with Crippen LogP contribution in [0.5, 0.6) is 5.75 Å². The number of carbonyl (C=O) groups excluding carboxylic acids is 16. The van der Waals surface area contributed by atoms with E-state index in [4.69, 9.17) is 22.9 Å². The Morgan fingerprint density at radius 1 is 0.423 bits per heavy atom. The Morgan fingerprint density at radius 2 is 0.794 bits per heavy atom. The molecule has 1 aromatic carbocycles. The van der Waals surface area contributed by atoms with Crippen LogP contribution in [0.4, 0.5) is 0 Å². The molecule has 0 unspecified atom stereocenters. The number of benzene rings is 1. The maximum Gasteiger partial charge on any atom is 0.245 e. The van der Waals surface area contributed by atoms with Crippen LogP contribution in [0.1, 0.15) is 93.6 Å². The van der Waals surface area contributed by atoms with Crippen molar-refractivity contribution in [1.29, 1.82) is 0 Å². The maximum atomic E-state index is 13.8. The third kappa shape index (κ3) is 29.9. The molecule has 97 heavy (non-hydrogen) atoms. The molecule has 0 saturated carbocycles. The largest absolute Gasteiger partial charge is 0.508 e. The summed E-state index contributed by atoms with van der Waals surface area (Å²) < 4.78 is 0. The third-order valence-electron chi connectivity index (χ3n) is 14.5. The van der Waals surface area contributed by atoms with Gasteiger partial charge in [-0.3, -0.25) is 76.7 Å². The second kappa shape index (κ2) is 42.0. The molecule has 0 fully saturated rings. The summed E-state index contributed by atoms with van der Waals surface area (Å²) in [5, 5.41) is 90.2. The van der Waals surface area contributed by atoms with Gasteiger partial charge in [-0.1, -0.05) is 60.1 Å². The highest BCUT2D eigenvalue weighted by Gasteiger charge is 2.39. The number of rotatable bonds is 43. The van der Waals surface area contributed by atoms with Gasteiger partial charge in [0.1, 0.15) is 78.3 Å². The summed E-state index contributed by atoms with van der Waals surface area (Å²) in [6.45, 7) is 8.11. The van der Waals surface area contributed by atoms with E-state index < -0.39 is 237 Å². The Labute approximate surface area is 557 Å². The number of amides is 16. The lowest BCUT2D eigenvalue weighted by atomic mass is 9.96.